The highest BCUT2D eigenvalue weighted by Crippen LogP contribution is 2.17. The third kappa shape index (κ3) is 4.59. The van der Waals surface area contributed by atoms with Gasteiger partial charge < -0.3 is 15.6 Å². The van der Waals surface area contributed by atoms with Crippen LogP contribution in [0.3, 0.4) is 0 Å². The first-order valence-electron chi connectivity index (χ1n) is 7.39. The topological polar surface area (TPSA) is 55.5 Å². The number of hydrogen-bond donors (Lipinski definition) is 2. The van der Waals surface area contributed by atoms with Crippen LogP contribution in [0.5, 0.6) is 5.75 Å². The van der Waals surface area contributed by atoms with Gasteiger partial charge in [-0.1, -0.05) is 49.4 Å². The summed E-state index contributed by atoms with van der Waals surface area (Å²) in [5.74, 6) is 0.745. The maximum Gasteiger partial charge on any atom is 0.137 e. The summed E-state index contributed by atoms with van der Waals surface area (Å²) >= 11 is 0. The zero-order chi connectivity index (χ0) is 15.1. The summed E-state index contributed by atoms with van der Waals surface area (Å²) in [6, 6.07) is 18.2. The molecule has 0 aromatic heterocycles. The highest BCUT2D eigenvalue weighted by molar-refractivity contribution is 5.31. The molecule has 3 heteroatoms. The standard InChI is InChI=1S/C18H23NO2/c1-2-17(19)18(13-20)21-16-10-8-15(9-11-16)12-14-6-4-3-5-7-14/h3-11,17-18,20H,2,12-13,19H2,1H3. The first-order valence-corrected chi connectivity index (χ1v) is 7.39. The van der Waals surface area contributed by atoms with Crippen molar-refractivity contribution in [3.63, 3.8) is 0 Å². The zero-order valence-electron chi connectivity index (χ0n) is 12.4. The van der Waals surface area contributed by atoms with Crippen LogP contribution in [0.25, 0.3) is 0 Å². The average molecular weight is 285 g/mol. The summed E-state index contributed by atoms with van der Waals surface area (Å²) in [6.07, 6.45) is 1.33. The Kier molecular flexibility index (Phi) is 5.78. The molecule has 0 aliphatic heterocycles. The lowest BCUT2D eigenvalue weighted by Crippen LogP contribution is -2.41. The number of aliphatic hydroxyl groups excluding tert-OH is 1. The molecule has 0 radical (unpaired) electrons. The maximum absolute atomic E-state index is 9.33. The average Bonchev–Trinajstić information content (AvgIpc) is 2.54. The van der Waals surface area contributed by atoms with Crippen LogP contribution >= 0.6 is 0 Å². The number of benzene rings is 2. The Morgan fingerprint density at radius 1 is 1.00 bits per heavy atom. The zero-order valence-corrected chi connectivity index (χ0v) is 12.4. The minimum Gasteiger partial charge on any atom is -0.486 e. The minimum atomic E-state index is -0.352. The van der Waals surface area contributed by atoms with E-state index in [2.05, 4.69) is 12.1 Å². The fourth-order valence-corrected chi connectivity index (χ4v) is 2.22. The van der Waals surface area contributed by atoms with Gasteiger partial charge in [-0.2, -0.15) is 0 Å². The fourth-order valence-electron chi connectivity index (χ4n) is 2.22. The Morgan fingerprint density at radius 2 is 1.62 bits per heavy atom. The van der Waals surface area contributed by atoms with Gasteiger partial charge in [-0.05, 0) is 36.1 Å². The summed E-state index contributed by atoms with van der Waals surface area (Å²) < 4.78 is 5.75. The Morgan fingerprint density at radius 3 is 2.19 bits per heavy atom. The van der Waals surface area contributed by atoms with Crippen LogP contribution in [0.15, 0.2) is 54.6 Å². The highest BCUT2D eigenvalue weighted by Gasteiger charge is 2.16. The van der Waals surface area contributed by atoms with Gasteiger partial charge >= 0.3 is 0 Å². The van der Waals surface area contributed by atoms with Crippen LogP contribution in [-0.2, 0) is 6.42 Å². The lowest BCUT2D eigenvalue weighted by atomic mass is 10.1. The number of aliphatic hydroxyl groups is 1. The summed E-state index contributed by atoms with van der Waals surface area (Å²) in [6.45, 7) is 1.92. The Labute approximate surface area is 126 Å². The second-order valence-electron chi connectivity index (χ2n) is 5.22. The molecule has 2 unspecified atom stereocenters. The monoisotopic (exact) mass is 285 g/mol. The SMILES string of the molecule is CCC(N)C(CO)Oc1ccc(Cc2ccccc2)cc1. The van der Waals surface area contributed by atoms with Gasteiger partial charge in [-0.3, -0.25) is 0 Å². The molecule has 2 aromatic carbocycles. The maximum atomic E-state index is 9.33. The van der Waals surface area contributed by atoms with Crippen molar-refractivity contribution >= 4 is 0 Å². The quantitative estimate of drug-likeness (QED) is 0.822. The van der Waals surface area contributed by atoms with Gasteiger partial charge in [0.05, 0.1) is 6.61 Å². The van der Waals surface area contributed by atoms with Gasteiger partial charge in [0, 0.05) is 6.04 Å². The molecule has 0 aliphatic rings. The lowest BCUT2D eigenvalue weighted by molar-refractivity contribution is 0.0932. The first kappa shape index (κ1) is 15.5. The first-order chi connectivity index (χ1) is 10.2. The van der Waals surface area contributed by atoms with E-state index in [0.717, 1.165) is 18.6 Å². The second kappa shape index (κ2) is 7.81. The highest BCUT2D eigenvalue weighted by atomic mass is 16.5. The van der Waals surface area contributed by atoms with Crippen molar-refractivity contribution in [1.82, 2.24) is 0 Å². The van der Waals surface area contributed by atoms with E-state index in [4.69, 9.17) is 10.5 Å². The molecule has 21 heavy (non-hydrogen) atoms. The van der Waals surface area contributed by atoms with Crippen molar-refractivity contribution in [3.8, 4) is 5.75 Å². The smallest absolute Gasteiger partial charge is 0.137 e. The van der Waals surface area contributed by atoms with E-state index in [0.29, 0.717) is 0 Å². The molecule has 0 fully saturated rings. The van der Waals surface area contributed by atoms with E-state index >= 15 is 0 Å². The van der Waals surface area contributed by atoms with Crippen LogP contribution < -0.4 is 10.5 Å². The van der Waals surface area contributed by atoms with Crippen molar-refractivity contribution in [1.29, 1.82) is 0 Å². The number of hydrogen-bond acceptors (Lipinski definition) is 3. The Balaban J connectivity index is 1.98. The molecule has 3 nitrogen and oxygen atoms in total. The molecule has 0 bridgehead atoms. The van der Waals surface area contributed by atoms with Crippen LogP contribution in [0, 0.1) is 0 Å². The molecule has 2 rings (SSSR count). The van der Waals surface area contributed by atoms with E-state index in [-0.39, 0.29) is 18.8 Å². The van der Waals surface area contributed by atoms with E-state index in [1.54, 1.807) is 0 Å². The molecule has 0 heterocycles. The van der Waals surface area contributed by atoms with Crippen molar-refractivity contribution in [2.24, 2.45) is 5.73 Å². The predicted molar refractivity (Wildman–Crippen MR) is 85.5 cm³/mol. The molecular weight excluding hydrogens is 262 g/mol. The fraction of sp³-hybridized carbons (Fsp3) is 0.333. The molecule has 0 saturated carbocycles. The number of rotatable bonds is 7. The summed E-state index contributed by atoms with van der Waals surface area (Å²) in [7, 11) is 0. The van der Waals surface area contributed by atoms with Crippen LogP contribution in [0.1, 0.15) is 24.5 Å². The van der Waals surface area contributed by atoms with Gasteiger partial charge in [-0.25, -0.2) is 0 Å². The van der Waals surface area contributed by atoms with Gasteiger partial charge in [0.2, 0.25) is 0 Å². The number of nitrogens with two attached hydrogens (primary N) is 1. The van der Waals surface area contributed by atoms with Crippen molar-refractivity contribution in [3.05, 3.63) is 65.7 Å². The van der Waals surface area contributed by atoms with Gasteiger partial charge in [0.15, 0.2) is 0 Å². The summed E-state index contributed by atoms with van der Waals surface area (Å²) in [5.41, 5.74) is 8.44. The van der Waals surface area contributed by atoms with Crippen LogP contribution in [-0.4, -0.2) is 23.9 Å². The predicted octanol–water partition coefficient (Wildman–Crippen LogP) is 2.75. The van der Waals surface area contributed by atoms with E-state index in [9.17, 15) is 5.11 Å². The largest absolute Gasteiger partial charge is 0.486 e. The van der Waals surface area contributed by atoms with E-state index in [1.165, 1.54) is 11.1 Å². The molecule has 0 aliphatic carbocycles. The van der Waals surface area contributed by atoms with Crippen LogP contribution in [0.4, 0.5) is 0 Å². The summed E-state index contributed by atoms with van der Waals surface area (Å²) in [5, 5.41) is 9.33. The Bertz CT molecular complexity index is 525. The second-order valence-corrected chi connectivity index (χ2v) is 5.22. The van der Waals surface area contributed by atoms with Crippen molar-refractivity contribution in [2.45, 2.75) is 31.9 Å². The molecule has 2 atom stereocenters. The molecule has 0 spiro atoms. The van der Waals surface area contributed by atoms with Crippen LogP contribution in [0.2, 0.25) is 0 Å². The normalized spacial score (nSPS) is 13.7. The van der Waals surface area contributed by atoms with E-state index in [1.807, 2.05) is 49.4 Å². The molecule has 0 amide bonds. The third-order valence-electron chi connectivity index (χ3n) is 3.59. The van der Waals surface area contributed by atoms with Crippen molar-refractivity contribution in [2.75, 3.05) is 6.61 Å². The van der Waals surface area contributed by atoms with Gasteiger partial charge in [-0.15, -0.1) is 0 Å². The number of ether oxygens (including phenoxy) is 1. The molecular formula is C18H23NO2. The van der Waals surface area contributed by atoms with Gasteiger partial charge in [0.25, 0.3) is 0 Å². The van der Waals surface area contributed by atoms with Crippen molar-refractivity contribution < 1.29 is 9.84 Å². The summed E-state index contributed by atoms with van der Waals surface area (Å²) in [4.78, 5) is 0. The Hall–Kier alpha value is -1.84. The van der Waals surface area contributed by atoms with E-state index < -0.39 is 0 Å². The minimum absolute atomic E-state index is 0.0687. The molecule has 112 valence electrons. The molecule has 3 N–H and O–H groups in total. The molecule has 2 aromatic rings. The third-order valence-corrected chi connectivity index (χ3v) is 3.59. The van der Waals surface area contributed by atoms with Gasteiger partial charge in [0.1, 0.15) is 11.9 Å². The molecule has 0 saturated heterocycles. The lowest BCUT2D eigenvalue weighted by Gasteiger charge is -2.22.